The van der Waals surface area contributed by atoms with Gasteiger partial charge in [0.15, 0.2) is 5.70 Å². The van der Waals surface area contributed by atoms with Crippen molar-refractivity contribution in [3.05, 3.63) is 74.0 Å². The van der Waals surface area contributed by atoms with Gasteiger partial charge in [-0.05, 0) is 71.8 Å². The van der Waals surface area contributed by atoms with E-state index < -0.39 is 5.97 Å². The molecule has 3 rings (SSSR count). The van der Waals surface area contributed by atoms with Gasteiger partial charge in [0.1, 0.15) is 0 Å². The molecule has 0 aromatic heterocycles. The van der Waals surface area contributed by atoms with Crippen LogP contribution < -0.4 is 0 Å². The third-order valence-corrected chi connectivity index (χ3v) is 4.58. The van der Waals surface area contributed by atoms with E-state index in [1.54, 1.807) is 6.08 Å². The molecule has 0 unspecified atom stereocenters. The molecule has 0 aliphatic carbocycles. The van der Waals surface area contributed by atoms with Crippen molar-refractivity contribution in [2.45, 2.75) is 13.8 Å². The number of halogens is 1. The average molecular weight is 403 g/mol. The van der Waals surface area contributed by atoms with Crippen molar-refractivity contribution in [1.29, 1.82) is 0 Å². The summed E-state index contributed by atoms with van der Waals surface area (Å²) >= 11 is 2.27. The first-order valence-corrected chi connectivity index (χ1v) is 7.96. The zero-order valence-electron chi connectivity index (χ0n) is 12.3. The molecule has 110 valence electrons. The number of ether oxygens (including phenoxy) is 1. The number of hydrogen-bond acceptors (Lipinski definition) is 3. The maximum Gasteiger partial charge on any atom is 0.363 e. The van der Waals surface area contributed by atoms with Crippen molar-refractivity contribution in [3.8, 4) is 0 Å². The molecule has 0 fully saturated rings. The second kappa shape index (κ2) is 6.04. The summed E-state index contributed by atoms with van der Waals surface area (Å²) in [6.45, 7) is 4.03. The van der Waals surface area contributed by atoms with Crippen molar-refractivity contribution < 1.29 is 9.53 Å². The van der Waals surface area contributed by atoms with E-state index in [2.05, 4.69) is 27.6 Å². The first-order valence-electron chi connectivity index (χ1n) is 6.89. The number of carbonyl (C=O) groups excluding carboxylic acids is 1. The van der Waals surface area contributed by atoms with Crippen LogP contribution in [0.3, 0.4) is 0 Å². The molecule has 0 saturated carbocycles. The summed E-state index contributed by atoms with van der Waals surface area (Å²) < 4.78 is 6.47. The standard InChI is InChI=1S/C18H14INO2/c1-11-4-3-5-13(8-11)10-16-18(21)22-17(20-16)14-6-7-15(19)12(2)9-14/h3-10H,1-2H3/b16-10-. The van der Waals surface area contributed by atoms with Crippen LogP contribution in [0.15, 0.2) is 53.2 Å². The number of benzene rings is 2. The summed E-state index contributed by atoms with van der Waals surface area (Å²) in [5.74, 6) is -0.0453. The molecule has 4 heteroatoms. The summed E-state index contributed by atoms with van der Waals surface area (Å²) in [5, 5.41) is 0. The van der Waals surface area contributed by atoms with E-state index in [4.69, 9.17) is 4.74 Å². The molecule has 22 heavy (non-hydrogen) atoms. The van der Waals surface area contributed by atoms with Crippen molar-refractivity contribution in [3.63, 3.8) is 0 Å². The normalized spacial score (nSPS) is 15.9. The highest BCUT2D eigenvalue weighted by Gasteiger charge is 2.24. The topological polar surface area (TPSA) is 38.7 Å². The van der Waals surface area contributed by atoms with Gasteiger partial charge in [0.2, 0.25) is 5.90 Å². The smallest absolute Gasteiger partial charge is 0.363 e. The van der Waals surface area contributed by atoms with Crippen molar-refractivity contribution in [1.82, 2.24) is 0 Å². The Morgan fingerprint density at radius 2 is 1.95 bits per heavy atom. The van der Waals surface area contributed by atoms with Gasteiger partial charge in [0, 0.05) is 9.13 Å². The number of aliphatic imine (C=N–C) groups is 1. The Morgan fingerprint density at radius 1 is 1.14 bits per heavy atom. The average Bonchev–Trinajstić information content (AvgIpc) is 2.83. The molecule has 0 bridgehead atoms. The van der Waals surface area contributed by atoms with Crippen LogP contribution in [-0.4, -0.2) is 11.9 Å². The third kappa shape index (κ3) is 3.11. The SMILES string of the molecule is Cc1cccc(/C=C2\N=C(c3ccc(I)c(C)c3)OC2=O)c1. The Bertz CT molecular complexity index is 822. The van der Waals surface area contributed by atoms with E-state index >= 15 is 0 Å². The highest BCUT2D eigenvalue weighted by atomic mass is 127. The Kier molecular flexibility index (Phi) is 4.11. The van der Waals surface area contributed by atoms with E-state index in [9.17, 15) is 4.79 Å². The Balaban J connectivity index is 1.96. The van der Waals surface area contributed by atoms with Crippen LogP contribution in [0.25, 0.3) is 6.08 Å². The largest absolute Gasteiger partial charge is 0.402 e. The minimum atomic E-state index is -0.410. The molecule has 1 aliphatic rings. The van der Waals surface area contributed by atoms with Crippen LogP contribution >= 0.6 is 22.6 Å². The van der Waals surface area contributed by atoms with E-state index in [1.807, 2.05) is 56.3 Å². The first kappa shape index (κ1) is 15.0. The molecule has 0 amide bonds. The fraction of sp³-hybridized carbons (Fsp3) is 0.111. The fourth-order valence-corrected chi connectivity index (χ4v) is 2.56. The Labute approximate surface area is 142 Å². The van der Waals surface area contributed by atoms with E-state index in [0.717, 1.165) is 22.3 Å². The van der Waals surface area contributed by atoms with Gasteiger partial charge in [-0.15, -0.1) is 0 Å². The molecule has 3 nitrogen and oxygen atoms in total. The van der Waals surface area contributed by atoms with Crippen molar-refractivity contribution >= 4 is 40.5 Å². The quantitative estimate of drug-likeness (QED) is 0.427. The summed E-state index contributed by atoms with van der Waals surface area (Å²) in [5.41, 5.74) is 4.36. The molecule has 0 atom stereocenters. The van der Waals surface area contributed by atoms with Crippen LogP contribution in [-0.2, 0) is 9.53 Å². The number of aryl methyl sites for hydroxylation is 2. The number of nitrogens with zero attached hydrogens (tertiary/aromatic N) is 1. The third-order valence-electron chi connectivity index (χ3n) is 3.37. The fourth-order valence-electron chi connectivity index (χ4n) is 2.23. The summed E-state index contributed by atoms with van der Waals surface area (Å²) in [4.78, 5) is 16.3. The zero-order chi connectivity index (χ0) is 15.7. The molecule has 0 N–H and O–H groups in total. The van der Waals surface area contributed by atoms with E-state index in [0.29, 0.717) is 11.6 Å². The minimum absolute atomic E-state index is 0.330. The lowest BCUT2D eigenvalue weighted by molar-refractivity contribution is -0.129. The number of carbonyl (C=O) groups is 1. The molecular formula is C18H14INO2. The van der Waals surface area contributed by atoms with Gasteiger partial charge < -0.3 is 4.74 Å². The predicted molar refractivity (Wildman–Crippen MR) is 95.7 cm³/mol. The molecule has 2 aromatic carbocycles. The molecule has 1 heterocycles. The maximum absolute atomic E-state index is 12.0. The highest BCUT2D eigenvalue weighted by Crippen LogP contribution is 2.21. The lowest BCUT2D eigenvalue weighted by Crippen LogP contribution is -2.05. The van der Waals surface area contributed by atoms with Crippen molar-refractivity contribution in [2.24, 2.45) is 4.99 Å². The molecular weight excluding hydrogens is 389 g/mol. The lowest BCUT2D eigenvalue weighted by Gasteiger charge is -2.02. The molecule has 1 aliphatic heterocycles. The molecule has 0 spiro atoms. The minimum Gasteiger partial charge on any atom is -0.402 e. The van der Waals surface area contributed by atoms with Crippen molar-refractivity contribution in [2.75, 3.05) is 0 Å². The maximum atomic E-state index is 12.0. The summed E-state index contributed by atoms with van der Waals surface area (Å²) in [7, 11) is 0. The monoisotopic (exact) mass is 403 g/mol. The van der Waals surface area contributed by atoms with Crippen LogP contribution in [0.2, 0.25) is 0 Å². The van der Waals surface area contributed by atoms with Gasteiger partial charge in [-0.1, -0.05) is 29.8 Å². The number of cyclic esters (lactones) is 1. The van der Waals surface area contributed by atoms with Gasteiger partial charge in [-0.2, -0.15) is 0 Å². The lowest BCUT2D eigenvalue weighted by atomic mass is 10.1. The van der Waals surface area contributed by atoms with Gasteiger partial charge in [0.05, 0.1) is 0 Å². The molecule has 0 saturated heterocycles. The van der Waals surface area contributed by atoms with Gasteiger partial charge >= 0.3 is 5.97 Å². The van der Waals surface area contributed by atoms with Crippen LogP contribution in [0.5, 0.6) is 0 Å². The van der Waals surface area contributed by atoms with Gasteiger partial charge in [-0.3, -0.25) is 0 Å². The molecule has 2 aromatic rings. The number of esters is 1. The second-order valence-electron chi connectivity index (χ2n) is 5.21. The predicted octanol–water partition coefficient (Wildman–Crippen LogP) is 4.25. The number of hydrogen-bond donors (Lipinski definition) is 0. The first-order chi connectivity index (χ1) is 10.5. The summed E-state index contributed by atoms with van der Waals surface area (Å²) in [6.07, 6.45) is 1.75. The van der Waals surface area contributed by atoms with Crippen LogP contribution in [0.1, 0.15) is 22.3 Å². The van der Waals surface area contributed by atoms with Gasteiger partial charge in [-0.25, -0.2) is 9.79 Å². The highest BCUT2D eigenvalue weighted by molar-refractivity contribution is 14.1. The van der Waals surface area contributed by atoms with E-state index in [-0.39, 0.29) is 0 Å². The van der Waals surface area contributed by atoms with Crippen LogP contribution in [0.4, 0.5) is 0 Å². The van der Waals surface area contributed by atoms with Gasteiger partial charge in [0.25, 0.3) is 0 Å². The number of rotatable bonds is 2. The second-order valence-corrected chi connectivity index (χ2v) is 6.38. The van der Waals surface area contributed by atoms with E-state index in [1.165, 1.54) is 3.57 Å². The summed E-state index contributed by atoms with van der Waals surface area (Å²) in [6, 6.07) is 13.8. The van der Waals surface area contributed by atoms with Crippen LogP contribution in [0, 0.1) is 17.4 Å². The Hall–Kier alpha value is -1.95. The molecule has 0 radical (unpaired) electrons. The Morgan fingerprint density at radius 3 is 2.68 bits per heavy atom. The zero-order valence-corrected chi connectivity index (χ0v) is 14.4.